The first kappa shape index (κ1) is 16.4. The number of carbonyl (C=O) groups is 2. The number of benzene rings is 1. The third-order valence-corrected chi connectivity index (χ3v) is 4.53. The molecule has 0 bridgehead atoms. The van der Waals surface area contributed by atoms with Gasteiger partial charge in [-0.3, -0.25) is 10.0 Å². The molecule has 0 spiro atoms. The molecule has 1 saturated heterocycles. The summed E-state index contributed by atoms with van der Waals surface area (Å²) >= 11 is 1.57. The van der Waals surface area contributed by atoms with Gasteiger partial charge in [-0.2, -0.15) is 0 Å². The van der Waals surface area contributed by atoms with Gasteiger partial charge < -0.3 is 10.6 Å². The molecule has 1 fully saturated rings. The predicted molar refractivity (Wildman–Crippen MR) is 91.0 cm³/mol. The van der Waals surface area contributed by atoms with Gasteiger partial charge in [0.05, 0.1) is 10.7 Å². The molecule has 8 heteroatoms. The molecule has 1 atom stereocenters. The second kappa shape index (κ2) is 6.98. The van der Waals surface area contributed by atoms with Crippen molar-refractivity contribution in [1.82, 2.24) is 15.4 Å². The molecule has 2 aromatic rings. The molecule has 126 valence electrons. The number of nitrogens with zero attached hydrogens (tertiary/aromatic N) is 2. The summed E-state index contributed by atoms with van der Waals surface area (Å²) < 4.78 is 0. The van der Waals surface area contributed by atoms with E-state index >= 15 is 0 Å². The first-order valence-electron chi connectivity index (χ1n) is 7.63. The van der Waals surface area contributed by atoms with Crippen molar-refractivity contribution < 1.29 is 14.8 Å². The van der Waals surface area contributed by atoms with Crippen LogP contribution in [0.15, 0.2) is 29.6 Å². The molecule has 0 aliphatic carbocycles. The molecule has 1 aliphatic rings. The van der Waals surface area contributed by atoms with Crippen molar-refractivity contribution in [3.8, 4) is 11.3 Å². The molecule has 0 radical (unpaired) electrons. The van der Waals surface area contributed by atoms with Gasteiger partial charge in [0.2, 0.25) is 0 Å². The molecular formula is C16H18N4O3S. The highest BCUT2D eigenvalue weighted by Gasteiger charge is 2.29. The number of anilines is 1. The average molecular weight is 346 g/mol. The Balaban J connectivity index is 1.65. The molecule has 3 amide bonds. The topological polar surface area (TPSA) is 94.6 Å². The van der Waals surface area contributed by atoms with Gasteiger partial charge in [0.15, 0.2) is 0 Å². The fraction of sp³-hybridized carbons (Fsp3) is 0.312. The lowest BCUT2D eigenvalue weighted by Gasteiger charge is -2.27. The zero-order chi connectivity index (χ0) is 17.1. The second-order valence-corrected chi connectivity index (χ2v) is 6.65. The number of urea groups is 1. The monoisotopic (exact) mass is 346 g/mol. The summed E-state index contributed by atoms with van der Waals surface area (Å²) in [4.78, 5) is 28.3. The fourth-order valence-electron chi connectivity index (χ4n) is 2.57. The Bertz CT molecular complexity index is 761. The van der Waals surface area contributed by atoms with Crippen LogP contribution in [0.2, 0.25) is 0 Å². The number of thiazole rings is 1. The first-order chi connectivity index (χ1) is 11.5. The Kier molecular flexibility index (Phi) is 4.77. The molecule has 1 aromatic carbocycles. The Morgan fingerprint density at radius 3 is 3.04 bits per heavy atom. The van der Waals surface area contributed by atoms with Crippen LogP contribution >= 0.6 is 11.3 Å². The summed E-state index contributed by atoms with van der Waals surface area (Å²) in [5.41, 5.74) is 2.38. The van der Waals surface area contributed by atoms with E-state index in [0.717, 1.165) is 16.3 Å². The van der Waals surface area contributed by atoms with Gasteiger partial charge in [-0.1, -0.05) is 12.1 Å². The maximum absolute atomic E-state index is 12.1. The van der Waals surface area contributed by atoms with Crippen molar-refractivity contribution >= 4 is 29.0 Å². The smallest absolute Gasteiger partial charge is 0.319 e. The van der Waals surface area contributed by atoms with Gasteiger partial charge in [0.25, 0.3) is 5.91 Å². The highest BCUT2D eigenvalue weighted by Crippen LogP contribution is 2.24. The minimum Gasteiger partial charge on any atom is -0.326 e. The van der Waals surface area contributed by atoms with Crippen LogP contribution in [0, 0.1) is 6.92 Å². The minimum atomic E-state index is -0.701. The number of piperidine rings is 1. The summed E-state index contributed by atoms with van der Waals surface area (Å²) in [7, 11) is 0. The van der Waals surface area contributed by atoms with E-state index in [1.165, 1.54) is 0 Å². The van der Waals surface area contributed by atoms with E-state index in [2.05, 4.69) is 15.6 Å². The summed E-state index contributed by atoms with van der Waals surface area (Å²) in [6.45, 7) is 2.24. The van der Waals surface area contributed by atoms with Gasteiger partial charge in [0, 0.05) is 23.2 Å². The van der Waals surface area contributed by atoms with E-state index in [0.29, 0.717) is 30.1 Å². The number of hydrogen-bond donors (Lipinski definition) is 3. The number of hydroxylamine groups is 2. The van der Waals surface area contributed by atoms with Crippen molar-refractivity contribution in [2.24, 2.45) is 0 Å². The van der Waals surface area contributed by atoms with E-state index in [1.54, 1.807) is 17.4 Å². The normalized spacial score (nSPS) is 17.7. The number of aromatic nitrogens is 1. The molecule has 1 unspecified atom stereocenters. The molecular weight excluding hydrogens is 328 g/mol. The highest BCUT2D eigenvalue weighted by molar-refractivity contribution is 7.09. The number of amides is 3. The first-order valence-corrected chi connectivity index (χ1v) is 8.51. The predicted octanol–water partition coefficient (Wildman–Crippen LogP) is 2.62. The third kappa shape index (κ3) is 3.72. The number of aryl methyl sites for hydroxylation is 1. The largest absolute Gasteiger partial charge is 0.326 e. The van der Waals surface area contributed by atoms with E-state index < -0.39 is 18.0 Å². The molecule has 24 heavy (non-hydrogen) atoms. The van der Waals surface area contributed by atoms with Crippen molar-refractivity contribution in [1.29, 1.82) is 0 Å². The van der Waals surface area contributed by atoms with Crippen LogP contribution in [-0.2, 0) is 4.79 Å². The lowest BCUT2D eigenvalue weighted by atomic mass is 10.1. The molecule has 2 heterocycles. The number of rotatable bonds is 3. The van der Waals surface area contributed by atoms with Gasteiger partial charge >= 0.3 is 6.03 Å². The number of nitrogens with one attached hydrogen (secondary N) is 2. The SMILES string of the molecule is Cc1nc(-c2cccc(NC(=O)NC3CCCN(O)C3=O)c2)cs1. The van der Waals surface area contributed by atoms with E-state index in [-0.39, 0.29) is 0 Å². The van der Waals surface area contributed by atoms with Gasteiger partial charge in [-0.25, -0.2) is 14.8 Å². The zero-order valence-corrected chi connectivity index (χ0v) is 14.0. The summed E-state index contributed by atoms with van der Waals surface area (Å²) in [6, 6.07) is 6.17. The number of carbonyl (C=O) groups excluding carboxylic acids is 2. The van der Waals surface area contributed by atoms with Crippen LogP contribution in [0.25, 0.3) is 11.3 Å². The molecule has 1 aromatic heterocycles. The lowest BCUT2D eigenvalue weighted by molar-refractivity contribution is -0.172. The van der Waals surface area contributed by atoms with Crippen molar-refractivity contribution in [3.63, 3.8) is 0 Å². The summed E-state index contributed by atoms with van der Waals surface area (Å²) in [5, 5.41) is 18.3. The summed E-state index contributed by atoms with van der Waals surface area (Å²) in [5.74, 6) is -0.483. The molecule has 1 aliphatic heterocycles. The van der Waals surface area contributed by atoms with Crippen molar-refractivity contribution in [2.45, 2.75) is 25.8 Å². The average Bonchev–Trinajstić information content (AvgIpc) is 2.99. The Morgan fingerprint density at radius 2 is 2.29 bits per heavy atom. The maximum Gasteiger partial charge on any atom is 0.319 e. The van der Waals surface area contributed by atoms with Crippen molar-refractivity contribution in [2.75, 3.05) is 11.9 Å². The van der Waals surface area contributed by atoms with E-state index in [4.69, 9.17) is 0 Å². The van der Waals surface area contributed by atoms with Crippen LogP contribution < -0.4 is 10.6 Å². The van der Waals surface area contributed by atoms with Gasteiger partial charge in [-0.15, -0.1) is 11.3 Å². The Morgan fingerprint density at radius 1 is 1.46 bits per heavy atom. The minimum absolute atomic E-state index is 0.299. The van der Waals surface area contributed by atoms with Crippen LogP contribution in [0.3, 0.4) is 0 Å². The standard InChI is InChI=1S/C16H18N4O3S/c1-10-17-14(9-24-10)11-4-2-5-12(8-11)18-16(22)19-13-6-3-7-20(23)15(13)21/h2,4-5,8-9,13,23H,3,6-7H2,1H3,(H2,18,19,22). The molecule has 0 saturated carbocycles. The Labute approximate surface area is 143 Å². The van der Waals surface area contributed by atoms with Gasteiger partial charge in [0.1, 0.15) is 6.04 Å². The zero-order valence-electron chi connectivity index (χ0n) is 13.2. The van der Waals surface area contributed by atoms with Gasteiger partial charge in [-0.05, 0) is 31.9 Å². The van der Waals surface area contributed by atoms with E-state index in [1.807, 2.05) is 30.5 Å². The maximum atomic E-state index is 12.1. The quantitative estimate of drug-likeness (QED) is 0.745. The third-order valence-electron chi connectivity index (χ3n) is 3.76. The van der Waals surface area contributed by atoms with Crippen LogP contribution in [0.5, 0.6) is 0 Å². The molecule has 3 rings (SSSR count). The lowest BCUT2D eigenvalue weighted by Crippen LogP contribution is -2.52. The van der Waals surface area contributed by atoms with E-state index in [9.17, 15) is 14.8 Å². The van der Waals surface area contributed by atoms with Crippen LogP contribution in [0.4, 0.5) is 10.5 Å². The molecule has 3 N–H and O–H groups in total. The van der Waals surface area contributed by atoms with Crippen molar-refractivity contribution in [3.05, 3.63) is 34.7 Å². The van der Waals surface area contributed by atoms with Crippen LogP contribution in [0.1, 0.15) is 17.8 Å². The highest BCUT2D eigenvalue weighted by atomic mass is 32.1. The fourth-order valence-corrected chi connectivity index (χ4v) is 3.19. The second-order valence-electron chi connectivity index (χ2n) is 5.59. The number of hydrogen-bond acceptors (Lipinski definition) is 5. The van der Waals surface area contributed by atoms with Crippen LogP contribution in [-0.4, -0.2) is 39.8 Å². The molecule has 7 nitrogen and oxygen atoms in total. The Hall–Kier alpha value is -2.45. The summed E-state index contributed by atoms with van der Waals surface area (Å²) in [6.07, 6.45) is 1.16.